The molecule has 0 aromatic heterocycles. The summed E-state index contributed by atoms with van der Waals surface area (Å²) in [5.74, 6) is 2.77. The lowest BCUT2D eigenvalue weighted by Crippen LogP contribution is -2.06. The predicted octanol–water partition coefficient (Wildman–Crippen LogP) is 7.15. The summed E-state index contributed by atoms with van der Waals surface area (Å²) in [5, 5.41) is 10.2. The first-order valence-corrected chi connectivity index (χ1v) is 13.8. The minimum absolute atomic E-state index is 0.0908. The summed E-state index contributed by atoms with van der Waals surface area (Å²) < 4.78 is 5.62. The molecule has 2 aliphatic carbocycles. The molecule has 0 radical (unpaired) electrons. The zero-order valence-electron chi connectivity index (χ0n) is 19.7. The van der Waals surface area contributed by atoms with Crippen molar-refractivity contribution in [3.05, 3.63) is 70.8 Å². The van der Waals surface area contributed by atoms with Gasteiger partial charge in [-0.2, -0.15) is 0 Å². The number of hydrogen-bond donors (Lipinski definition) is 1. The molecule has 1 N–H and O–H groups in total. The van der Waals surface area contributed by atoms with E-state index in [-0.39, 0.29) is 17.3 Å². The number of rotatable bonds is 8. The summed E-state index contributed by atoms with van der Waals surface area (Å²) >= 11 is 14.2. The average Bonchev–Trinajstić information content (AvgIpc) is 2.85. The molecule has 0 heterocycles. The first-order valence-electron chi connectivity index (χ1n) is 11.6. The number of aromatic hydroxyl groups is 1. The highest BCUT2D eigenvalue weighted by atomic mass is 79.9. The molecule has 0 atom stereocenters. The lowest BCUT2D eigenvalue weighted by molar-refractivity contribution is -0.114. The maximum Gasteiger partial charge on any atom is 0.160 e. The van der Waals surface area contributed by atoms with E-state index < -0.39 is 0 Å². The van der Waals surface area contributed by atoms with Crippen molar-refractivity contribution in [2.45, 2.75) is 38.5 Å². The number of fused-ring (bicyclic) bond motifs is 2. The SMILES string of the molecule is ClCCCCBr.O=C1C=Cc2ccc(O)cc2C1.O=C1C=Cc2ccc(OCCCCCl)cc2C1. The minimum atomic E-state index is 0.0908. The number of phenolic OH excluding ortho intramolecular Hbond substituents is 1. The molecule has 0 spiro atoms. The van der Waals surface area contributed by atoms with E-state index in [1.807, 2.05) is 30.3 Å². The Bertz CT molecular complexity index is 1030. The second-order valence-electron chi connectivity index (χ2n) is 8.03. The molecule has 0 saturated heterocycles. The van der Waals surface area contributed by atoms with Crippen molar-refractivity contribution in [2.24, 2.45) is 0 Å². The summed E-state index contributed by atoms with van der Waals surface area (Å²) in [6, 6.07) is 11.0. The van der Waals surface area contributed by atoms with Crippen molar-refractivity contribution in [1.82, 2.24) is 0 Å². The summed E-state index contributed by atoms with van der Waals surface area (Å²) in [5.41, 5.74) is 4.08. The molecule has 0 saturated carbocycles. The Kier molecular flexibility index (Phi) is 13.8. The van der Waals surface area contributed by atoms with Gasteiger partial charge in [0.2, 0.25) is 0 Å². The van der Waals surface area contributed by atoms with Gasteiger partial charge in [0.1, 0.15) is 11.5 Å². The summed E-state index contributed by atoms with van der Waals surface area (Å²) in [6.45, 7) is 0.676. The third kappa shape index (κ3) is 11.0. The van der Waals surface area contributed by atoms with Crippen molar-refractivity contribution in [1.29, 1.82) is 0 Å². The van der Waals surface area contributed by atoms with Crippen molar-refractivity contribution in [2.75, 3.05) is 23.7 Å². The highest BCUT2D eigenvalue weighted by Crippen LogP contribution is 2.23. The molecule has 2 aromatic carbocycles. The van der Waals surface area contributed by atoms with Crippen LogP contribution >= 0.6 is 39.1 Å². The van der Waals surface area contributed by atoms with E-state index in [0.717, 1.165) is 58.5 Å². The predicted molar refractivity (Wildman–Crippen MR) is 149 cm³/mol. The molecule has 35 heavy (non-hydrogen) atoms. The number of alkyl halides is 3. The molecule has 7 heteroatoms. The average molecular weight is 582 g/mol. The highest BCUT2D eigenvalue weighted by Gasteiger charge is 2.11. The van der Waals surface area contributed by atoms with Gasteiger partial charge in [-0.15, -0.1) is 23.2 Å². The monoisotopic (exact) mass is 580 g/mol. The molecule has 2 aliphatic rings. The second-order valence-corrected chi connectivity index (χ2v) is 9.58. The van der Waals surface area contributed by atoms with Gasteiger partial charge in [0, 0.05) is 29.9 Å². The van der Waals surface area contributed by atoms with E-state index >= 15 is 0 Å². The molecule has 0 unspecified atom stereocenters. The Morgan fingerprint density at radius 1 is 0.771 bits per heavy atom. The highest BCUT2D eigenvalue weighted by molar-refractivity contribution is 9.09. The van der Waals surface area contributed by atoms with Crippen LogP contribution in [0.3, 0.4) is 0 Å². The number of hydrogen-bond acceptors (Lipinski definition) is 4. The standard InChI is InChI=1S/C14H15ClO2.C10H8O2.C4H8BrCl/c15-7-1-2-8-17-14-6-4-11-3-5-13(16)9-12(11)10-14;11-9-3-1-7-2-4-10(12)6-8(7)5-9;5-3-1-2-4-6/h3-6,10H,1-2,7-9H2;1-5,11H,6H2;1-4H2. The van der Waals surface area contributed by atoms with E-state index in [4.69, 9.17) is 33.0 Å². The minimum Gasteiger partial charge on any atom is -0.508 e. The molecule has 4 rings (SSSR count). The van der Waals surface area contributed by atoms with Gasteiger partial charge in [-0.3, -0.25) is 9.59 Å². The number of unbranched alkanes of at least 4 members (excludes halogenated alkanes) is 2. The van der Waals surface area contributed by atoms with Crippen LogP contribution in [0.4, 0.5) is 0 Å². The van der Waals surface area contributed by atoms with Crippen molar-refractivity contribution >= 4 is 62.9 Å². The summed E-state index contributed by atoms with van der Waals surface area (Å²) in [6.07, 6.45) is 12.0. The van der Waals surface area contributed by atoms with Crippen molar-refractivity contribution < 1.29 is 19.4 Å². The van der Waals surface area contributed by atoms with E-state index in [0.29, 0.717) is 25.3 Å². The van der Waals surface area contributed by atoms with Crippen molar-refractivity contribution in [3.63, 3.8) is 0 Å². The third-order valence-corrected chi connectivity index (χ3v) is 6.28. The van der Waals surface area contributed by atoms with Crippen LogP contribution in [0.1, 0.15) is 47.9 Å². The van der Waals surface area contributed by atoms with Gasteiger partial charge >= 0.3 is 0 Å². The first kappa shape index (κ1) is 29.2. The zero-order valence-corrected chi connectivity index (χ0v) is 22.7. The Hall–Kier alpha value is -2.08. The lowest BCUT2D eigenvalue weighted by Gasteiger charge is -2.12. The molecule has 0 bridgehead atoms. The molecule has 0 amide bonds. The Balaban J connectivity index is 0.000000209. The lowest BCUT2D eigenvalue weighted by atomic mass is 9.96. The van der Waals surface area contributed by atoms with Crippen LogP contribution in [0.5, 0.6) is 11.5 Å². The zero-order chi connectivity index (χ0) is 25.5. The quantitative estimate of drug-likeness (QED) is 0.265. The molecular formula is C28H31BrCl2O4. The molecule has 0 fully saturated rings. The summed E-state index contributed by atoms with van der Waals surface area (Å²) in [7, 11) is 0. The molecule has 188 valence electrons. The second kappa shape index (κ2) is 16.6. The smallest absolute Gasteiger partial charge is 0.160 e. The fourth-order valence-electron chi connectivity index (χ4n) is 3.33. The van der Waals surface area contributed by atoms with Gasteiger partial charge in [-0.05, 0) is 84.4 Å². The number of allylic oxidation sites excluding steroid dienone is 2. The maximum atomic E-state index is 11.3. The Labute approximate surface area is 226 Å². The number of carbonyl (C=O) groups excluding carboxylic acids is 2. The van der Waals surface area contributed by atoms with Crippen LogP contribution < -0.4 is 4.74 Å². The first-order chi connectivity index (χ1) is 17.0. The normalized spacial score (nSPS) is 13.1. The Morgan fingerprint density at radius 2 is 1.34 bits per heavy atom. The van der Waals surface area contributed by atoms with Gasteiger partial charge in [0.05, 0.1) is 6.61 Å². The van der Waals surface area contributed by atoms with Crippen LogP contribution in [0.25, 0.3) is 12.2 Å². The summed E-state index contributed by atoms with van der Waals surface area (Å²) in [4.78, 5) is 22.3. The van der Waals surface area contributed by atoms with Gasteiger partial charge in [-0.25, -0.2) is 0 Å². The molecular weight excluding hydrogens is 551 g/mol. The Morgan fingerprint density at radius 3 is 1.91 bits per heavy atom. The van der Waals surface area contributed by atoms with Crippen LogP contribution in [0, 0.1) is 0 Å². The van der Waals surface area contributed by atoms with Crippen LogP contribution in [-0.2, 0) is 22.4 Å². The van der Waals surface area contributed by atoms with Crippen LogP contribution in [0.15, 0.2) is 48.6 Å². The topological polar surface area (TPSA) is 63.6 Å². The number of benzene rings is 2. The third-order valence-electron chi connectivity index (χ3n) is 5.18. The maximum absolute atomic E-state index is 11.3. The van der Waals surface area contributed by atoms with Crippen LogP contribution in [0.2, 0.25) is 0 Å². The number of phenols is 1. The van der Waals surface area contributed by atoms with Gasteiger partial charge < -0.3 is 9.84 Å². The van der Waals surface area contributed by atoms with E-state index in [9.17, 15) is 9.59 Å². The van der Waals surface area contributed by atoms with Gasteiger partial charge in [0.25, 0.3) is 0 Å². The molecule has 4 nitrogen and oxygen atoms in total. The van der Waals surface area contributed by atoms with E-state index in [1.165, 1.54) is 6.42 Å². The van der Waals surface area contributed by atoms with Crippen molar-refractivity contribution in [3.8, 4) is 11.5 Å². The fraction of sp³-hybridized carbons (Fsp3) is 0.357. The van der Waals surface area contributed by atoms with Gasteiger partial charge in [0.15, 0.2) is 11.6 Å². The van der Waals surface area contributed by atoms with Gasteiger partial charge in [-0.1, -0.05) is 40.2 Å². The number of ketones is 2. The number of carbonyl (C=O) groups is 2. The molecule has 2 aromatic rings. The molecule has 0 aliphatic heterocycles. The van der Waals surface area contributed by atoms with E-state index in [1.54, 1.807) is 30.4 Å². The van der Waals surface area contributed by atoms with E-state index in [2.05, 4.69) is 15.9 Å². The van der Waals surface area contributed by atoms with Crippen LogP contribution in [-0.4, -0.2) is 40.4 Å². The largest absolute Gasteiger partial charge is 0.508 e. The number of ether oxygens (including phenoxy) is 1. The fourth-order valence-corrected chi connectivity index (χ4v) is 4.10. The number of halogens is 3.